The monoisotopic (exact) mass is 652 g/mol. The van der Waals surface area contributed by atoms with Crippen molar-refractivity contribution in [2.75, 3.05) is 0 Å². The number of aryl methyl sites for hydroxylation is 1. The van der Waals surface area contributed by atoms with Crippen LogP contribution < -0.4 is 0 Å². The van der Waals surface area contributed by atoms with Gasteiger partial charge in [-0.2, -0.15) is 0 Å². The second-order valence-electron chi connectivity index (χ2n) is 13.3. The summed E-state index contributed by atoms with van der Waals surface area (Å²) in [4.78, 5) is 15.0. The summed E-state index contributed by atoms with van der Waals surface area (Å²) >= 11 is 0. The smallest absolute Gasteiger partial charge is 0.164 e. The number of nitrogens with zero attached hydrogens (tertiary/aromatic N) is 4. The largest absolute Gasteiger partial charge is 0.309 e. The van der Waals surface area contributed by atoms with Gasteiger partial charge in [-0.25, -0.2) is 15.0 Å². The minimum atomic E-state index is -0.568. The Morgan fingerprint density at radius 1 is 0.431 bits per heavy atom. The van der Waals surface area contributed by atoms with E-state index in [9.17, 15) is 0 Å². The molecule has 0 bridgehead atoms. The van der Waals surface area contributed by atoms with Crippen LogP contribution in [0.15, 0.2) is 176 Å². The molecule has 1 aliphatic rings. The third-order valence-electron chi connectivity index (χ3n) is 10.4. The second-order valence-corrected chi connectivity index (χ2v) is 13.3. The molecule has 240 valence electrons. The van der Waals surface area contributed by atoms with Crippen molar-refractivity contribution in [2.24, 2.45) is 0 Å². The molecule has 1 unspecified atom stereocenters. The zero-order valence-corrected chi connectivity index (χ0v) is 28.0. The average Bonchev–Trinajstić information content (AvgIpc) is 3.54. The number of rotatable bonds is 5. The van der Waals surface area contributed by atoms with Gasteiger partial charge < -0.3 is 4.57 Å². The van der Waals surface area contributed by atoms with E-state index in [1.807, 2.05) is 30.3 Å². The van der Waals surface area contributed by atoms with E-state index in [1.54, 1.807) is 0 Å². The first-order chi connectivity index (χ1) is 25.2. The highest BCUT2D eigenvalue weighted by Gasteiger charge is 2.45. The molecule has 0 saturated carbocycles. The SMILES string of the molecule is Cc1cccc(-c2nc(-c3ccccc3)nc(-c3ccc(C4(c5ccccc5)c5ccccc5-n5c6ccccc6c6cccc4c65)cc3)n2)c1. The Hall–Kier alpha value is -6.65. The number of fused-ring (bicyclic) bond motifs is 5. The van der Waals surface area contributed by atoms with E-state index in [1.165, 1.54) is 49.7 Å². The quantitative estimate of drug-likeness (QED) is 0.186. The Morgan fingerprint density at radius 2 is 0.980 bits per heavy atom. The highest BCUT2D eigenvalue weighted by molar-refractivity contribution is 6.12. The number of aromatic nitrogens is 4. The molecule has 2 aromatic heterocycles. The number of para-hydroxylation sites is 3. The van der Waals surface area contributed by atoms with E-state index < -0.39 is 5.41 Å². The van der Waals surface area contributed by atoms with Crippen LogP contribution in [0.1, 0.15) is 27.8 Å². The molecule has 51 heavy (non-hydrogen) atoms. The lowest BCUT2D eigenvalue weighted by molar-refractivity contribution is 0.728. The molecule has 1 aliphatic heterocycles. The van der Waals surface area contributed by atoms with Crippen LogP contribution in [-0.4, -0.2) is 19.5 Å². The third-order valence-corrected chi connectivity index (χ3v) is 10.4. The maximum absolute atomic E-state index is 5.05. The van der Waals surface area contributed by atoms with Crippen molar-refractivity contribution in [2.45, 2.75) is 12.3 Å². The Balaban J connectivity index is 1.22. The molecular formula is C47H32N4. The van der Waals surface area contributed by atoms with Crippen LogP contribution in [0.5, 0.6) is 0 Å². The maximum Gasteiger partial charge on any atom is 0.164 e. The van der Waals surface area contributed by atoms with Gasteiger partial charge in [-0.15, -0.1) is 0 Å². The summed E-state index contributed by atoms with van der Waals surface area (Å²) < 4.78 is 2.47. The molecule has 0 radical (unpaired) electrons. The standard InChI is InChI=1S/C47H32N4/c1-31-14-12-17-34(30-31)46-49-44(32-15-4-2-5-16-32)48-45(50-46)33-26-28-36(29-27-33)47(35-18-6-3-7-19-35)39-22-9-11-25-42(39)51-41-24-10-8-20-37(41)38-21-13-23-40(47)43(38)51/h2-30H,1H3. The molecule has 1 atom stereocenters. The van der Waals surface area contributed by atoms with E-state index in [2.05, 4.69) is 157 Å². The highest BCUT2D eigenvalue weighted by atomic mass is 15.0. The molecule has 4 nitrogen and oxygen atoms in total. The number of hydrogen-bond acceptors (Lipinski definition) is 3. The van der Waals surface area contributed by atoms with Gasteiger partial charge in [-0.3, -0.25) is 0 Å². The normalized spacial score (nSPS) is 14.8. The zero-order chi connectivity index (χ0) is 33.9. The number of benzene rings is 7. The van der Waals surface area contributed by atoms with Gasteiger partial charge in [0.2, 0.25) is 0 Å². The minimum Gasteiger partial charge on any atom is -0.309 e. The van der Waals surface area contributed by atoms with E-state index >= 15 is 0 Å². The topological polar surface area (TPSA) is 43.6 Å². The molecule has 0 amide bonds. The van der Waals surface area contributed by atoms with Crippen molar-refractivity contribution in [1.29, 1.82) is 0 Å². The second kappa shape index (κ2) is 11.5. The highest BCUT2D eigenvalue weighted by Crippen LogP contribution is 2.54. The van der Waals surface area contributed by atoms with Crippen molar-refractivity contribution in [3.05, 3.63) is 204 Å². The molecule has 0 aliphatic carbocycles. The fourth-order valence-electron chi connectivity index (χ4n) is 8.18. The molecule has 9 aromatic rings. The van der Waals surface area contributed by atoms with E-state index in [-0.39, 0.29) is 0 Å². The van der Waals surface area contributed by atoms with Gasteiger partial charge in [-0.1, -0.05) is 163 Å². The Bertz CT molecular complexity index is 2750. The summed E-state index contributed by atoms with van der Waals surface area (Å²) in [5.41, 5.74) is 12.0. The van der Waals surface area contributed by atoms with Gasteiger partial charge in [0, 0.05) is 27.5 Å². The van der Waals surface area contributed by atoms with Crippen LogP contribution in [-0.2, 0) is 5.41 Å². The van der Waals surface area contributed by atoms with Gasteiger partial charge in [0.25, 0.3) is 0 Å². The first kappa shape index (κ1) is 29.3. The fraction of sp³-hybridized carbons (Fsp3) is 0.0426. The van der Waals surface area contributed by atoms with Crippen molar-refractivity contribution in [1.82, 2.24) is 19.5 Å². The van der Waals surface area contributed by atoms with Crippen LogP contribution in [0.3, 0.4) is 0 Å². The predicted octanol–water partition coefficient (Wildman–Crippen LogP) is 11.0. The molecular weight excluding hydrogens is 621 g/mol. The third kappa shape index (κ3) is 4.43. The predicted molar refractivity (Wildman–Crippen MR) is 207 cm³/mol. The fourth-order valence-corrected chi connectivity index (χ4v) is 8.18. The first-order valence-electron chi connectivity index (χ1n) is 17.4. The van der Waals surface area contributed by atoms with E-state index in [4.69, 9.17) is 15.0 Å². The molecule has 7 aromatic carbocycles. The summed E-state index contributed by atoms with van der Waals surface area (Å²) in [5.74, 6) is 1.96. The van der Waals surface area contributed by atoms with Gasteiger partial charge >= 0.3 is 0 Å². The van der Waals surface area contributed by atoms with Crippen molar-refractivity contribution in [3.8, 4) is 39.9 Å². The van der Waals surface area contributed by atoms with Crippen LogP contribution in [0.4, 0.5) is 0 Å². The van der Waals surface area contributed by atoms with Gasteiger partial charge in [0.1, 0.15) is 0 Å². The molecule has 0 fully saturated rings. The van der Waals surface area contributed by atoms with E-state index in [0.717, 1.165) is 22.3 Å². The Morgan fingerprint density at radius 3 is 1.75 bits per heavy atom. The lowest BCUT2D eigenvalue weighted by atomic mass is 9.63. The lowest BCUT2D eigenvalue weighted by Gasteiger charge is -2.41. The Kier molecular flexibility index (Phi) is 6.58. The van der Waals surface area contributed by atoms with E-state index in [0.29, 0.717) is 17.5 Å². The van der Waals surface area contributed by atoms with Gasteiger partial charge in [0.15, 0.2) is 17.5 Å². The van der Waals surface area contributed by atoms with Gasteiger partial charge in [0.05, 0.1) is 22.1 Å². The Labute approximate surface area is 296 Å². The molecule has 0 spiro atoms. The van der Waals surface area contributed by atoms with Crippen LogP contribution in [0, 0.1) is 6.92 Å². The number of hydrogen-bond donors (Lipinski definition) is 0. The van der Waals surface area contributed by atoms with Crippen LogP contribution in [0.2, 0.25) is 0 Å². The maximum atomic E-state index is 5.05. The molecule has 0 N–H and O–H groups in total. The summed E-state index contributed by atoms with van der Waals surface area (Å²) in [6, 6.07) is 62.8. The van der Waals surface area contributed by atoms with Crippen LogP contribution in [0.25, 0.3) is 61.7 Å². The summed E-state index contributed by atoms with van der Waals surface area (Å²) in [5, 5.41) is 2.52. The molecule has 3 heterocycles. The van der Waals surface area contributed by atoms with Crippen molar-refractivity contribution >= 4 is 21.8 Å². The zero-order valence-electron chi connectivity index (χ0n) is 28.0. The van der Waals surface area contributed by atoms with Gasteiger partial charge in [-0.05, 0) is 47.4 Å². The molecule has 0 saturated heterocycles. The summed E-state index contributed by atoms with van der Waals surface area (Å²) in [7, 11) is 0. The first-order valence-corrected chi connectivity index (χ1v) is 17.4. The summed E-state index contributed by atoms with van der Waals surface area (Å²) in [6.45, 7) is 2.09. The minimum absolute atomic E-state index is 0.568. The van der Waals surface area contributed by atoms with Crippen LogP contribution >= 0.6 is 0 Å². The molecule has 4 heteroatoms. The molecule has 10 rings (SSSR count). The summed E-state index contributed by atoms with van der Waals surface area (Å²) in [6.07, 6.45) is 0. The van der Waals surface area contributed by atoms with Crippen molar-refractivity contribution in [3.63, 3.8) is 0 Å². The lowest BCUT2D eigenvalue weighted by Crippen LogP contribution is -2.35. The van der Waals surface area contributed by atoms with Crippen molar-refractivity contribution < 1.29 is 0 Å². The average molecular weight is 653 g/mol.